The lowest BCUT2D eigenvalue weighted by Crippen LogP contribution is -2.23. The molecule has 0 saturated heterocycles. The van der Waals surface area contributed by atoms with Crippen LogP contribution in [0.3, 0.4) is 0 Å². The van der Waals surface area contributed by atoms with Crippen molar-refractivity contribution in [1.82, 2.24) is 14.9 Å². The number of nitrogens with zero attached hydrogens (tertiary/aromatic N) is 2. The third-order valence-corrected chi connectivity index (χ3v) is 5.96. The molecule has 1 aromatic heterocycles. The third kappa shape index (κ3) is 4.41. The highest BCUT2D eigenvalue weighted by Gasteiger charge is 2.11. The van der Waals surface area contributed by atoms with Crippen molar-refractivity contribution in [3.8, 4) is 0 Å². The molecule has 0 saturated carbocycles. The molecule has 0 radical (unpaired) electrons. The second-order valence-electron chi connectivity index (χ2n) is 7.16. The van der Waals surface area contributed by atoms with Crippen LogP contribution in [0.25, 0.3) is 11.0 Å². The zero-order valence-corrected chi connectivity index (χ0v) is 17.3. The Morgan fingerprint density at radius 1 is 0.967 bits per heavy atom. The molecule has 0 aliphatic heterocycles. The average Bonchev–Trinajstić information content (AvgIpc) is 3.15. The molecule has 0 bridgehead atoms. The fourth-order valence-electron chi connectivity index (χ4n) is 3.32. The lowest BCUT2D eigenvalue weighted by atomic mass is 10.1. The number of hydrogen-bond donors (Lipinski definition) is 1. The lowest BCUT2D eigenvalue weighted by molar-refractivity contribution is 0.0950. The summed E-state index contributed by atoms with van der Waals surface area (Å²) in [5.74, 6) is -0.313. The molecule has 3 aromatic carbocycles. The highest BCUT2D eigenvalue weighted by atomic mass is 32.2. The molecule has 0 aliphatic carbocycles. The van der Waals surface area contributed by atoms with Crippen LogP contribution in [-0.2, 0) is 22.9 Å². The maximum Gasteiger partial charge on any atom is 0.251 e. The summed E-state index contributed by atoms with van der Waals surface area (Å²) in [5.41, 5.74) is 4.41. The van der Waals surface area contributed by atoms with Gasteiger partial charge in [-0.15, -0.1) is 0 Å². The molecule has 0 spiro atoms. The van der Waals surface area contributed by atoms with E-state index < -0.39 is 9.84 Å². The predicted molar refractivity (Wildman–Crippen MR) is 116 cm³/mol. The Balaban J connectivity index is 1.45. The van der Waals surface area contributed by atoms with Crippen LogP contribution in [0.2, 0.25) is 0 Å². The van der Waals surface area contributed by atoms with E-state index in [1.807, 2.05) is 54.9 Å². The Morgan fingerprint density at radius 2 is 1.73 bits per heavy atom. The number of aromatic nitrogens is 2. The van der Waals surface area contributed by atoms with Crippen LogP contribution in [-0.4, -0.2) is 30.1 Å². The topological polar surface area (TPSA) is 81.1 Å². The first-order valence-corrected chi connectivity index (χ1v) is 11.4. The second kappa shape index (κ2) is 8.12. The number of sulfone groups is 1. The summed E-state index contributed by atoms with van der Waals surface area (Å²) in [4.78, 5) is 17.0. The maximum absolute atomic E-state index is 12.5. The van der Waals surface area contributed by atoms with E-state index >= 15 is 0 Å². The highest BCUT2D eigenvalue weighted by molar-refractivity contribution is 7.90. The van der Waals surface area contributed by atoms with E-state index in [1.54, 1.807) is 12.1 Å². The van der Waals surface area contributed by atoms with Crippen LogP contribution in [0, 0.1) is 0 Å². The van der Waals surface area contributed by atoms with Crippen molar-refractivity contribution in [3.63, 3.8) is 0 Å². The number of imidazole rings is 1. The number of nitrogens with one attached hydrogen (secondary N) is 1. The second-order valence-corrected chi connectivity index (χ2v) is 9.18. The molecular formula is C23H21N3O3S. The van der Waals surface area contributed by atoms with Gasteiger partial charge in [-0.05, 0) is 41.5 Å². The molecule has 152 valence electrons. The van der Waals surface area contributed by atoms with Gasteiger partial charge in [-0.1, -0.05) is 42.5 Å². The molecule has 7 heteroatoms. The van der Waals surface area contributed by atoms with Crippen LogP contribution in [0.4, 0.5) is 0 Å². The summed E-state index contributed by atoms with van der Waals surface area (Å²) in [5, 5.41) is 2.86. The van der Waals surface area contributed by atoms with Gasteiger partial charge in [-0.2, -0.15) is 0 Å². The number of carbonyl (C=O) groups is 1. The van der Waals surface area contributed by atoms with Crippen LogP contribution in [0.5, 0.6) is 0 Å². The first-order valence-electron chi connectivity index (χ1n) is 9.46. The molecule has 30 heavy (non-hydrogen) atoms. The molecule has 4 aromatic rings. The summed E-state index contributed by atoms with van der Waals surface area (Å²) in [6, 6.07) is 22.0. The van der Waals surface area contributed by atoms with E-state index in [2.05, 4.69) is 14.9 Å². The normalized spacial score (nSPS) is 11.5. The van der Waals surface area contributed by atoms with Gasteiger partial charge < -0.3 is 9.88 Å². The molecule has 6 nitrogen and oxygen atoms in total. The minimum absolute atomic E-state index is 0.129. The summed E-state index contributed by atoms with van der Waals surface area (Å²) < 4.78 is 25.5. The van der Waals surface area contributed by atoms with E-state index in [-0.39, 0.29) is 10.8 Å². The Bertz CT molecular complexity index is 1330. The molecule has 0 atom stereocenters. The number of benzene rings is 3. The number of rotatable bonds is 6. The quantitative estimate of drug-likeness (QED) is 0.519. The zero-order valence-electron chi connectivity index (χ0n) is 16.4. The van der Waals surface area contributed by atoms with E-state index in [9.17, 15) is 13.2 Å². The monoisotopic (exact) mass is 419 g/mol. The number of carbonyl (C=O) groups excluding carboxylic acids is 1. The highest BCUT2D eigenvalue weighted by Crippen LogP contribution is 2.15. The number of para-hydroxylation sites is 2. The number of amides is 1. The van der Waals surface area contributed by atoms with Gasteiger partial charge in [-0.3, -0.25) is 4.79 Å². The SMILES string of the molecule is CS(=O)(=O)c1cccc(C(=O)NCc2cccc(Cn3cnc4ccccc43)c2)c1. The van der Waals surface area contributed by atoms with Gasteiger partial charge in [0.05, 0.1) is 22.3 Å². The van der Waals surface area contributed by atoms with Gasteiger partial charge in [0, 0.05) is 24.9 Å². The summed E-state index contributed by atoms with van der Waals surface area (Å²) in [7, 11) is -3.36. The summed E-state index contributed by atoms with van der Waals surface area (Å²) in [6.07, 6.45) is 2.95. The van der Waals surface area contributed by atoms with Crippen LogP contribution >= 0.6 is 0 Å². The first kappa shape index (κ1) is 19.8. The van der Waals surface area contributed by atoms with Crippen LogP contribution in [0.15, 0.2) is 84.0 Å². The number of hydrogen-bond acceptors (Lipinski definition) is 4. The van der Waals surface area contributed by atoms with Crippen molar-refractivity contribution >= 4 is 26.8 Å². The molecule has 4 rings (SSSR count). The van der Waals surface area contributed by atoms with Crippen molar-refractivity contribution < 1.29 is 13.2 Å². The van der Waals surface area contributed by atoms with E-state index in [0.717, 1.165) is 28.4 Å². The number of fused-ring (bicyclic) bond motifs is 1. The predicted octanol–water partition coefficient (Wildman–Crippen LogP) is 3.42. The smallest absolute Gasteiger partial charge is 0.251 e. The fraction of sp³-hybridized carbons (Fsp3) is 0.130. The molecule has 0 aliphatic rings. The van der Waals surface area contributed by atoms with Gasteiger partial charge in [0.15, 0.2) is 9.84 Å². The van der Waals surface area contributed by atoms with Gasteiger partial charge in [-0.25, -0.2) is 13.4 Å². The van der Waals surface area contributed by atoms with Gasteiger partial charge in [0.1, 0.15) is 0 Å². The van der Waals surface area contributed by atoms with Crippen LogP contribution < -0.4 is 5.32 Å². The molecule has 1 heterocycles. The molecular weight excluding hydrogens is 398 g/mol. The van der Waals surface area contributed by atoms with Gasteiger partial charge in [0.25, 0.3) is 5.91 Å². The first-order chi connectivity index (χ1) is 14.4. The average molecular weight is 420 g/mol. The van der Waals surface area contributed by atoms with Gasteiger partial charge >= 0.3 is 0 Å². The van der Waals surface area contributed by atoms with Crippen molar-refractivity contribution in [2.24, 2.45) is 0 Å². The standard InChI is InChI=1S/C23H21N3O3S/c1-30(28,29)20-9-5-8-19(13-20)23(27)24-14-17-6-4-7-18(12-17)15-26-16-25-21-10-2-3-11-22(21)26/h2-13,16H,14-15H2,1H3,(H,24,27). The molecule has 0 fully saturated rings. The summed E-state index contributed by atoms with van der Waals surface area (Å²) >= 11 is 0. The van der Waals surface area contributed by atoms with Crippen molar-refractivity contribution in [3.05, 3.63) is 95.8 Å². The Kier molecular flexibility index (Phi) is 5.37. The molecule has 1 N–H and O–H groups in total. The van der Waals surface area contributed by atoms with Crippen LogP contribution in [0.1, 0.15) is 21.5 Å². The Hall–Kier alpha value is -3.45. The minimum Gasteiger partial charge on any atom is -0.348 e. The molecule has 0 unspecified atom stereocenters. The molecule has 1 amide bonds. The van der Waals surface area contributed by atoms with E-state index in [1.165, 1.54) is 12.1 Å². The van der Waals surface area contributed by atoms with E-state index in [4.69, 9.17) is 0 Å². The summed E-state index contributed by atoms with van der Waals surface area (Å²) in [6.45, 7) is 1.03. The minimum atomic E-state index is -3.36. The maximum atomic E-state index is 12.5. The third-order valence-electron chi connectivity index (χ3n) is 4.85. The zero-order chi connectivity index (χ0) is 21.1. The lowest BCUT2D eigenvalue weighted by Gasteiger charge is -2.09. The van der Waals surface area contributed by atoms with Crippen molar-refractivity contribution in [2.75, 3.05) is 6.26 Å². The largest absolute Gasteiger partial charge is 0.348 e. The van der Waals surface area contributed by atoms with Crippen molar-refractivity contribution in [2.45, 2.75) is 18.0 Å². The van der Waals surface area contributed by atoms with Crippen molar-refractivity contribution in [1.29, 1.82) is 0 Å². The Morgan fingerprint density at radius 3 is 2.57 bits per heavy atom. The fourth-order valence-corrected chi connectivity index (χ4v) is 3.99. The van der Waals surface area contributed by atoms with Gasteiger partial charge in [0.2, 0.25) is 0 Å². The van der Waals surface area contributed by atoms with E-state index in [0.29, 0.717) is 18.7 Å². The Labute approximate surface area is 175 Å².